The van der Waals surface area contributed by atoms with Crippen LogP contribution in [0, 0.1) is 17.8 Å². The average Bonchev–Trinajstić information content (AvgIpc) is 2.82. The SMILES string of the molecule is C=C1/C=C(\C)C(=O)NSC(C)C(C)C/C=C/C(O)C2CCC2CN1CC(C)(C)c1ccc(Cl)cc1CC. The minimum Gasteiger partial charge on any atom is -0.389 e. The Kier molecular flexibility index (Phi) is 10.4. The van der Waals surface area contributed by atoms with Gasteiger partial charge in [0.25, 0.3) is 5.91 Å². The molecule has 5 atom stereocenters. The summed E-state index contributed by atoms with van der Waals surface area (Å²) in [4.78, 5) is 15.2. The molecule has 1 aliphatic heterocycles. The van der Waals surface area contributed by atoms with Crippen LogP contribution in [0.4, 0.5) is 0 Å². The van der Waals surface area contributed by atoms with Crippen LogP contribution in [0.15, 0.2) is 54.3 Å². The number of carbonyl (C=O) groups is 1. The summed E-state index contributed by atoms with van der Waals surface area (Å²) in [6, 6.07) is 6.19. The van der Waals surface area contributed by atoms with Crippen molar-refractivity contribution in [1.29, 1.82) is 0 Å². The fraction of sp³-hybridized carbons (Fsp3) is 0.581. The third kappa shape index (κ3) is 7.68. The number of hydrogen-bond acceptors (Lipinski definition) is 4. The minimum absolute atomic E-state index is 0.0741. The number of aliphatic hydroxyl groups excluding tert-OH is 1. The average molecular weight is 545 g/mol. The van der Waals surface area contributed by atoms with Gasteiger partial charge < -0.3 is 10.0 Å². The molecule has 1 aromatic rings. The maximum Gasteiger partial charge on any atom is 0.256 e. The number of carbonyl (C=O) groups excluding carboxylic acids is 1. The number of amides is 1. The number of hydrogen-bond donors (Lipinski definition) is 2. The lowest BCUT2D eigenvalue weighted by atomic mass is 9.70. The number of aryl methyl sites for hydroxylation is 1. The van der Waals surface area contributed by atoms with E-state index in [9.17, 15) is 9.90 Å². The van der Waals surface area contributed by atoms with Crippen LogP contribution in [-0.2, 0) is 16.6 Å². The summed E-state index contributed by atoms with van der Waals surface area (Å²) in [5.74, 6) is 0.942. The highest BCUT2D eigenvalue weighted by molar-refractivity contribution is 7.98. The van der Waals surface area contributed by atoms with E-state index in [1.54, 1.807) is 0 Å². The highest BCUT2D eigenvalue weighted by Crippen LogP contribution is 2.40. The van der Waals surface area contributed by atoms with E-state index >= 15 is 0 Å². The minimum atomic E-state index is -0.426. The number of benzene rings is 1. The Bertz CT molecular complexity index is 1030. The first-order valence-corrected chi connectivity index (χ1v) is 14.9. The first kappa shape index (κ1) is 29.9. The Balaban J connectivity index is 1.92. The maximum absolute atomic E-state index is 12.9. The van der Waals surface area contributed by atoms with Gasteiger partial charge in [0.15, 0.2) is 0 Å². The van der Waals surface area contributed by atoms with Gasteiger partial charge in [-0.3, -0.25) is 9.52 Å². The number of allylic oxidation sites excluding steroid dienone is 2. The molecule has 6 heteroatoms. The van der Waals surface area contributed by atoms with Gasteiger partial charge in [0.1, 0.15) is 0 Å². The standard InChI is InChI=1S/C31H45ClN2O2S/c1-8-24-17-26(32)13-15-28(24)31(6,7)19-34-18-25-12-14-27(25)29(35)11-9-10-20(2)23(5)37-33-30(36)21(3)16-22(34)4/h9,11,13,15-17,20,23,25,27,29,35H,4,8,10,12,14,18-19H2,1-3,5-7H3,(H,33,36)/b11-9+,21-16+. The topological polar surface area (TPSA) is 52.6 Å². The van der Waals surface area contributed by atoms with Gasteiger partial charge in [-0.25, -0.2) is 0 Å². The van der Waals surface area contributed by atoms with Crippen molar-refractivity contribution >= 4 is 29.5 Å². The van der Waals surface area contributed by atoms with E-state index in [2.05, 4.69) is 69.0 Å². The number of rotatable bonds is 4. The molecule has 4 nitrogen and oxygen atoms in total. The number of halogens is 1. The smallest absolute Gasteiger partial charge is 0.256 e. The number of aliphatic hydroxyl groups is 1. The van der Waals surface area contributed by atoms with E-state index in [0.717, 1.165) is 49.5 Å². The molecule has 0 spiro atoms. The molecule has 3 rings (SSSR count). The predicted octanol–water partition coefficient (Wildman–Crippen LogP) is 7.08. The van der Waals surface area contributed by atoms with Gasteiger partial charge in [0.05, 0.1) is 6.10 Å². The molecule has 1 amide bonds. The van der Waals surface area contributed by atoms with Gasteiger partial charge in [-0.15, -0.1) is 0 Å². The second kappa shape index (κ2) is 12.9. The van der Waals surface area contributed by atoms with Crippen molar-refractivity contribution in [3.63, 3.8) is 0 Å². The van der Waals surface area contributed by atoms with Crippen molar-refractivity contribution in [3.8, 4) is 0 Å². The Hall–Kier alpha value is -1.69. The van der Waals surface area contributed by atoms with Gasteiger partial charge in [-0.2, -0.15) is 0 Å². The molecule has 5 unspecified atom stereocenters. The second-order valence-electron chi connectivity index (χ2n) is 11.6. The summed E-state index contributed by atoms with van der Waals surface area (Å²) in [6.07, 6.45) is 9.52. The highest BCUT2D eigenvalue weighted by atomic mass is 35.5. The third-order valence-electron chi connectivity index (χ3n) is 8.26. The maximum atomic E-state index is 12.9. The Morgan fingerprint density at radius 3 is 2.65 bits per heavy atom. The summed E-state index contributed by atoms with van der Waals surface area (Å²) < 4.78 is 3.02. The van der Waals surface area contributed by atoms with Gasteiger partial charge >= 0.3 is 0 Å². The summed E-state index contributed by atoms with van der Waals surface area (Å²) >= 11 is 7.78. The van der Waals surface area contributed by atoms with E-state index < -0.39 is 6.10 Å². The summed E-state index contributed by atoms with van der Waals surface area (Å²) in [5.41, 5.74) is 3.86. The van der Waals surface area contributed by atoms with Crippen LogP contribution in [0.5, 0.6) is 0 Å². The van der Waals surface area contributed by atoms with E-state index in [1.807, 2.05) is 25.1 Å². The van der Waals surface area contributed by atoms with Crippen molar-refractivity contribution < 1.29 is 9.90 Å². The molecule has 1 saturated carbocycles. The van der Waals surface area contributed by atoms with Crippen LogP contribution in [0.2, 0.25) is 5.02 Å². The largest absolute Gasteiger partial charge is 0.389 e. The molecular formula is C31H45ClN2O2S. The van der Waals surface area contributed by atoms with Crippen molar-refractivity contribution in [3.05, 3.63) is 70.4 Å². The molecule has 0 bridgehead atoms. The van der Waals surface area contributed by atoms with Gasteiger partial charge in [0, 0.05) is 40.0 Å². The molecule has 1 fully saturated rings. The highest BCUT2D eigenvalue weighted by Gasteiger charge is 2.37. The Labute approximate surface area is 233 Å². The van der Waals surface area contributed by atoms with Gasteiger partial charge in [-0.05, 0) is 91.6 Å². The summed E-state index contributed by atoms with van der Waals surface area (Å²) in [7, 11) is 0. The molecule has 37 heavy (non-hydrogen) atoms. The van der Waals surface area contributed by atoms with Crippen LogP contribution >= 0.6 is 23.5 Å². The first-order valence-electron chi connectivity index (χ1n) is 13.6. The zero-order valence-corrected chi connectivity index (χ0v) is 25.0. The number of fused-ring (bicyclic) bond motifs is 1. The molecule has 204 valence electrons. The van der Waals surface area contributed by atoms with Crippen LogP contribution in [0.25, 0.3) is 0 Å². The molecule has 0 radical (unpaired) electrons. The lowest BCUT2D eigenvalue weighted by Gasteiger charge is -2.44. The van der Waals surface area contributed by atoms with E-state index in [0.29, 0.717) is 17.4 Å². The molecule has 2 aliphatic rings. The van der Waals surface area contributed by atoms with Gasteiger partial charge in [-0.1, -0.05) is 71.0 Å². The first-order chi connectivity index (χ1) is 17.4. The van der Waals surface area contributed by atoms with Crippen molar-refractivity contribution in [1.82, 2.24) is 9.62 Å². The molecular weight excluding hydrogens is 500 g/mol. The fourth-order valence-electron chi connectivity index (χ4n) is 5.43. The van der Waals surface area contributed by atoms with Crippen LogP contribution in [0.1, 0.15) is 71.9 Å². The van der Waals surface area contributed by atoms with Crippen molar-refractivity contribution in [2.75, 3.05) is 13.1 Å². The van der Waals surface area contributed by atoms with Crippen molar-refractivity contribution in [2.24, 2.45) is 17.8 Å². The van der Waals surface area contributed by atoms with Crippen LogP contribution in [-0.4, -0.2) is 40.4 Å². The molecule has 0 saturated heterocycles. The summed E-state index contributed by atoms with van der Waals surface area (Å²) in [6.45, 7) is 18.8. The normalized spacial score (nSPS) is 30.5. The Morgan fingerprint density at radius 2 is 2.00 bits per heavy atom. The quantitative estimate of drug-likeness (QED) is 0.314. The van der Waals surface area contributed by atoms with Crippen molar-refractivity contribution in [2.45, 2.75) is 84.0 Å². The number of nitrogens with zero attached hydrogens (tertiary/aromatic N) is 1. The molecule has 2 N–H and O–H groups in total. The zero-order chi connectivity index (χ0) is 27.3. The van der Waals surface area contributed by atoms with Gasteiger partial charge in [0.2, 0.25) is 0 Å². The van der Waals surface area contributed by atoms with Crippen LogP contribution < -0.4 is 4.72 Å². The van der Waals surface area contributed by atoms with Crippen LogP contribution in [0.3, 0.4) is 0 Å². The summed E-state index contributed by atoms with van der Waals surface area (Å²) in [5, 5.41) is 12.0. The van der Waals surface area contributed by atoms with E-state index in [-0.39, 0.29) is 22.5 Å². The third-order valence-corrected chi connectivity index (χ3v) is 9.64. The molecule has 1 aromatic carbocycles. The molecule has 0 aromatic heterocycles. The lowest BCUT2D eigenvalue weighted by Crippen LogP contribution is -2.45. The zero-order valence-electron chi connectivity index (χ0n) is 23.4. The number of nitrogens with one attached hydrogen (secondary N) is 1. The fourth-order valence-corrected chi connectivity index (χ4v) is 6.42. The lowest BCUT2D eigenvalue weighted by molar-refractivity contribution is -0.115. The van der Waals surface area contributed by atoms with E-state index in [4.69, 9.17) is 11.6 Å². The molecule has 1 heterocycles. The predicted molar refractivity (Wildman–Crippen MR) is 159 cm³/mol. The monoisotopic (exact) mass is 544 g/mol. The molecule has 1 aliphatic carbocycles. The second-order valence-corrected chi connectivity index (χ2v) is 13.2. The Morgan fingerprint density at radius 1 is 1.27 bits per heavy atom. The van der Waals surface area contributed by atoms with E-state index in [1.165, 1.54) is 23.1 Å².